The van der Waals surface area contributed by atoms with Gasteiger partial charge in [0, 0.05) is 17.9 Å². The van der Waals surface area contributed by atoms with Gasteiger partial charge in [0.15, 0.2) is 11.4 Å². The van der Waals surface area contributed by atoms with Crippen molar-refractivity contribution in [2.45, 2.75) is 31.8 Å². The van der Waals surface area contributed by atoms with Crippen LogP contribution in [-0.4, -0.2) is 43.5 Å². The maximum Gasteiger partial charge on any atom is 0.255 e. The Balaban J connectivity index is 1.71. The number of aryl methyl sites for hydroxylation is 1. The van der Waals surface area contributed by atoms with E-state index in [1.807, 2.05) is 0 Å². The molecule has 180 valence electrons. The van der Waals surface area contributed by atoms with Crippen LogP contribution in [-0.2, 0) is 20.8 Å². The summed E-state index contributed by atoms with van der Waals surface area (Å²) in [5.41, 5.74) is 3.76. The van der Waals surface area contributed by atoms with E-state index < -0.39 is 52.0 Å². The molecule has 0 heterocycles. The minimum absolute atomic E-state index is 0.00314. The van der Waals surface area contributed by atoms with Crippen LogP contribution in [0.4, 0.5) is 4.39 Å². The van der Waals surface area contributed by atoms with E-state index in [-0.39, 0.29) is 42.0 Å². The van der Waals surface area contributed by atoms with Crippen molar-refractivity contribution in [3.8, 4) is 16.9 Å². The van der Waals surface area contributed by atoms with Crippen molar-refractivity contribution in [1.82, 2.24) is 0 Å². The second kappa shape index (κ2) is 7.51. The van der Waals surface area contributed by atoms with Crippen molar-refractivity contribution in [3.63, 3.8) is 0 Å². The molecule has 1 fully saturated rings. The molecule has 3 aliphatic carbocycles. The molecule has 6 N–H and O–H groups in total. The molecule has 8 nitrogen and oxygen atoms in total. The summed E-state index contributed by atoms with van der Waals surface area (Å²) in [5, 5.41) is 43.6. The lowest BCUT2D eigenvalue weighted by Crippen LogP contribution is -2.58. The highest BCUT2D eigenvalue weighted by Gasteiger charge is 2.60. The number of ketones is 2. The number of phenolic OH excluding ortho intramolecular Hbond substituents is 1. The lowest BCUT2D eigenvalue weighted by molar-refractivity contribution is -0.147. The van der Waals surface area contributed by atoms with E-state index in [2.05, 4.69) is 0 Å². The summed E-state index contributed by atoms with van der Waals surface area (Å²) >= 11 is 0. The minimum atomic E-state index is -2.60. The third-order valence-corrected chi connectivity index (χ3v) is 7.42. The maximum atomic E-state index is 13.8. The Hall–Kier alpha value is -3.98. The zero-order chi connectivity index (χ0) is 25.4. The summed E-state index contributed by atoms with van der Waals surface area (Å²) < 4.78 is 13.8. The molecule has 0 radical (unpaired) electrons. The number of nitrogens with two attached hydrogens (primary N) is 1. The van der Waals surface area contributed by atoms with Gasteiger partial charge < -0.3 is 26.2 Å². The molecule has 2 aromatic carbocycles. The van der Waals surface area contributed by atoms with Crippen LogP contribution < -0.4 is 5.73 Å². The van der Waals surface area contributed by atoms with E-state index in [0.29, 0.717) is 22.3 Å². The van der Waals surface area contributed by atoms with Gasteiger partial charge in [-0.1, -0.05) is 12.1 Å². The number of hydrogen-bond donors (Lipinski definition) is 5. The van der Waals surface area contributed by atoms with Crippen LogP contribution in [0.2, 0.25) is 0 Å². The second-order valence-corrected chi connectivity index (χ2v) is 9.36. The molecule has 0 spiro atoms. The molecule has 35 heavy (non-hydrogen) atoms. The number of phenols is 1. The van der Waals surface area contributed by atoms with E-state index in [4.69, 9.17) is 5.73 Å². The van der Waals surface area contributed by atoms with E-state index in [0.717, 1.165) is 0 Å². The fourth-order valence-corrected chi connectivity index (χ4v) is 5.70. The predicted octanol–water partition coefficient (Wildman–Crippen LogP) is 2.54. The third-order valence-electron chi connectivity index (χ3n) is 7.42. The molecule has 3 aliphatic rings. The fraction of sp³-hybridized carbons (Fsp3) is 0.269. The Morgan fingerprint density at radius 1 is 1.11 bits per heavy atom. The number of aliphatic hydroxyl groups excluding tert-OH is 2. The van der Waals surface area contributed by atoms with Crippen LogP contribution in [0.3, 0.4) is 0 Å². The summed E-state index contributed by atoms with van der Waals surface area (Å²) in [6.07, 6.45) is -0.166. The zero-order valence-corrected chi connectivity index (χ0v) is 18.6. The molecule has 1 amide bonds. The second-order valence-electron chi connectivity index (χ2n) is 9.36. The summed E-state index contributed by atoms with van der Waals surface area (Å²) in [6.45, 7) is 1.61. The highest BCUT2D eigenvalue weighted by atomic mass is 19.1. The van der Waals surface area contributed by atoms with Crippen LogP contribution in [0.1, 0.15) is 29.5 Å². The highest BCUT2D eigenvalue weighted by Crippen LogP contribution is 2.53. The molecular weight excluding hydrogens is 457 g/mol. The van der Waals surface area contributed by atoms with Crippen LogP contribution in [0, 0.1) is 24.6 Å². The number of aliphatic hydroxyl groups is 3. The number of halogens is 1. The standard InChI is InChI=1S/C26H22FNO7/c1-10-6-11(2-4-16(10)27)14-3-5-17(29)20-15(14)8-12-7-13-9-18(30)21(25(28)34)24(33)26(13,35)23(32)19(12)22(20)31/h2-6,12-13,29,31,33,35H,7-9H2,1H3,(H2,28,34)/t12-,13+,26+/m1/s1. The molecule has 0 saturated heterocycles. The van der Waals surface area contributed by atoms with Crippen LogP contribution in [0.25, 0.3) is 16.9 Å². The first-order valence-electron chi connectivity index (χ1n) is 11.1. The van der Waals surface area contributed by atoms with Crippen molar-refractivity contribution in [3.05, 3.63) is 69.7 Å². The number of fused-ring (bicyclic) bond motifs is 3. The Labute approximate surface area is 198 Å². The van der Waals surface area contributed by atoms with Gasteiger partial charge in [-0.05, 0) is 66.1 Å². The molecule has 0 aromatic heterocycles. The van der Waals surface area contributed by atoms with Gasteiger partial charge in [-0.15, -0.1) is 0 Å². The van der Waals surface area contributed by atoms with E-state index in [1.54, 1.807) is 25.1 Å². The van der Waals surface area contributed by atoms with Crippen molar-refractivity contribution in [1.29, 1.82) is 0 Å². The van der Waals surface area contributed by atoms with Crippen LogP contribution in [0.15, 0.2) is 47.2 Å². The van der Waals surface area contributed by atoms with E-state index in [1.165, 1.54) is 12.1 Å². The minimum Gasteiger partial charge on any atom is -0.508 e. The van der Waals surface area contributed by atoms with Gasteiger partial charge in [-0.2, -0.15) is 0 Å². The van der Waals surface area contributed by atoms with Gasteiger partial charge in [0.25, 0.3) is 5.91 Å². The number of primary amides is 1. The van der Waals surface area contributed by atoms with Crippen LogP contribution in [0.5, 0.6) is 5.75 Å². The molecular formula is C26H22FNO7. The Kier molecular flexibility index (Phi) is 4.89. The third kappa shape index (κ3) is 3.04. The zero-order valence-electron chi connectivity index (χ0n) is 18.6. The number of amides is 1. The monoisotopic (exact) mass is 479 g/mol. The van der Waals surface area contributed by atoms with Gasteiger partial charge in [0.2, 0.25) is 5.78 Å². The number of Topliss-reactive ketones (excluding diaryl/α,β-unsaturated/α-hetero) is 2. The average Bonchev–Trinajstić information content (AvgIpc) is 2.78. The Morgan fingerprint density at radius 2 is 1.83 bits per heavy atom. The molecule has 1 saturated carbocycles. The lowest BCUT2D eigenvalue weighted by Gasteiger charge is -2.46. The number of carbonyl (C=O) groups is 3. The topological polar surface area (TPSA) is 158 Å². The molecule has 0 aliphatic heterocycles. The number of rotatable bonds is 2. The summed E-state index contributed by atoms with van der Waals surface area (Å²) in [7, 11) is 0. The Morgan fingerprint density at radius 3 is 2.49 bits per heavy atom. The van der Waals surface area contributed by atoms with Crippen molar-refractivity contribution < 1.29 is 39.2 Å². The quantitative estimate of drug-likeness (QED) is 0.414. The first-order chi connectivity index (χ1) is 16.5. The lowest BCUT2D eigenvalue weighted by atomic mass is 9.59. The van der Waals surface area contributed by atoms with Crippen LogP contribution >= 0.6 is 0 Å². The van der Waals surface area contributed by atoms with Gasteiger partial charge in [-0.25, -0.2) is 4.39 Å². The first-order valence-corrected chi connectivity index (χ1v) is 11.1. The van der Waals surface area contributed by atoms with Gasteiger partial charge >= 0.3 is 0 Å². The average molecular weight is 479 g/mol. The largest absolute Gasteiger partial charge is 0.508 e. The SMILES string of the molecule is Cc1cc(-c2ccc(O)c3c2C[C@H]2C[C@H]4CC(=O)C(C(N)=O)=C(O)[C@@]4(O)C(=O)C2=C3O)ccc1F. The molecule has 5 rings (SSSR count). The van der Waals surface area contributed by atoms with Gasteiger partial charge in [0.05, 0.1) is 5.56 Å². The first kappa shape index (κ1) is 22.8. The number of hydrogen-bond acceptors (Lipinski definition) is 7. The van der Waals surface area contributed by atoms with Crippen molar-refractivity contribution >= 4 is 23.2 Å². The normalized spacial score (nSPS) is 25.8. The molecule has 9 heteroatoms. The number of aromatic hydroxyl groups is 1. The van der Waals surface area contributed by atoms with Gasteiger partial charge in [0.1, 0.15) is 28.7 Å². The number of benzene rings is 2. The Bertz CT molecular complexity index is 1420. The summed E-state index contributed by atoms with van der Waals surface area (Å²) in [6, 6.07) is 7.51. The smallest absolute Gasteiger partial charge is 0.255 e. The van der Waals surface area contributed by atoms with Crippen molar-refractivity contribution in [2.24, 2.45) is 17.6 Å². The molecule has 3 atom stereocenters. The maximum absolute atomic E-state index is 13.8. The highest BCUT2D eigenvalue weighted by molar-refractivity contribution is 6.22. The summed E-state index contributed by atoms with van der Waals surface area (Å²) in [5.74, 6) is -7.12. The fourth-order valence-electron chi connectivity index (χ4n) is 5.70. The van der Waals surface area contributed by atoms with E-state index >= 15 is 0 Å². The molecule has 0 bridgehead atoms. The predicted molar refractivity (Wildman–Crippen MR) is 122 cm³/mol. The summed E-state index contributed by atoms with van der Waals surface area (Å²) in [4.78, 5) is 37.7. The molecule has 2 aromatic rings. The van der Waals surface area contributed by atoms with E-state index in [9.17, 15) is 39.2 Å². The molecule has 0 unspecified atom stereocenters. The van der Waals surface area contributed by atoms with Crippen molar-refractivity contribution in [2.75, 3.05) is 0 Å². The van der Waals surface area contributed by atoms with Gasteiger partial charge in [-0.3, -0.25) is 14.4 Å². The number of carbonyl (C=O) groups excluding carboxylic acids is 3.